The summed E-state index contributed by atoms with van der Waals surface area (Å²) in [5.41, 5.74) is 0.753. The van der Waals surface area contributed by atoms with E-state index in [0.29, 0.717) is 0 Å². The summed E-state index contributed by atoms with van der Waals surface area (Å²) >= 11 is 0. The second kappa shape index (κ2) is 7.89. The van der Waals surface area contributed by atoms with Gasteiger partial charge < -0.3 is 9.96 Å². The summed E-state index contributed by atoms with van der Waals surface area (Å²) in [5, 5.41) is 2.35. The molecule has 1 amide bonds. The number of esters is 1. The van der Waals surface area contributed by atoms with Gasteiger partial charge in [0.15, 0.2) is 0 Å². The van der Waals surface area contributed by atoms with Crippen LogP contribution in [0.15, 0.2) is 54.6 Å². The minimum atomic E-state index is -0.922. The van der Waals surface area contributed by atoms with Crippen LogP contribution in [0.2, 0.25) is 0 Å². The molecule has 1 aromatic rings. The quantitative estimate of drug-likeness (QED) is 0.462. The summed E-state index contributed by atoms with van der Waals surface area (Å²) in [6.45, 7) is 0. The van der Waals surface area contributed by atoms with Crippen molar-refractivity contribution in [2.45, 2.75) is 0 Å². The first-order valence-corrected chi connectivity index (χ1v) is 5.34. The number of carbonyl (C=O) groups is 2. The molecule has 0 unspecified atom stereocenters. The zero-order valence-corrected chi connectivity index (χ0v) is 10.00. The van der Waals surface area contributed by atoms with Crippen molar-refractivity contribution >= 4 is 24.8 Å². The van der Waals surface area contributed by atoms with Gasteiger partial charge in [-0.2, -0.15) is 0 Å². The second-order valence-corrected chi connectivity index (χ2v) is 3.29. The van der Waals surface area contributed by atoms with Gasteiger partial charge in [-0.3, -0.25) is 4.79 Å². The number of nitrogens with one attached hydrogen (secondary N) is 1. The van der Waals surface area contributed by atoms with E-state index in [1.54, 1.807) is 12.1 Å². The smallest absolute Gasteiger partial charge is 0.395 e. The molecule has 4 nitrogen and oxygen atoms in total. The van der Waals surface area contributed by atoms with E-state index in [4.69, 9.17) is 0 Å². The van der Waals surface area contributed by atoms with Crippen LogP contribution >= 0.6 is 0 Å². The van der Waals surface area contributed by atoms with Gasteiger partial charge in [0.2, 0.25) is 0 Å². The Morgan fingerprint density at radius 1 is 1.00 bits per heavy atom. The highest BCUT2D eigenvalue weighted by Gasteiger charge is 2.12. The SMILES string of the molecule is COC(=O)C(=O)N[B]c1ccccccccc1. The minimum Gasteiger partial charge on any atom is -0.462 e. The van der Waals surface area contributed by atoms with E-state index in [2.05, 4.69) is 9.96 Å². The van der Waals surface area contributed by atoms with Gasteiger partial charge in [0.1, 0.15) is 0 Å². The van der Waals surface area contributed by atoms with Crippen LogP contribution in [-0.4, -0.2) is 26.4 Å². The fourth-order valence-corrected chi connectivity index (χ4v) is 1.11. The first-order valence-electron chi connectivity index (χ1n) is 5.34. The van der Waals surface area contributed by atoms with Crippen molar-refractivity contribution in [1.82, 2.24) is 5.23 Å². The van der Waals surface area contributed by atoms with Crippen LogP contribution in [0.1, 0.15) is 0 Å². The van der Waals surface area contributed by atoms with Crippen LogP contribution in [0.4, 0.5) is 0 Å². The van der Waals surface area contributed by atoms with E-state index >= 15 is 0 Å². The first-order chi connectivity index (χ1) is 8.74. The second-order valence-electron chi connectivity index (χ2n) is 3.29. The summed E-state index contributed by atoms with van der Waals surface area (Å²) in [7, 11) is 2.60. The summed E-state index contributed by atoms with van der Waals surface area (Å²) < 4.78 is 4.29. The van der Waals surface area contributed by atoms with Gasteiger partial charge >= 0.3 is 11.9 Å². The molecule has 0 atom stereocenters. The number of ether oxygens (including phenoxy) is 1. The van der Waals surface area contributed by atoms with Crippen molar-refractivity contribution in [3.8, 4) is 0 Å². The maximum absolute atomic E-state index is 11.2. The molecule has 0 fully saturated rings. The van der Waals surface area contributed by atoms with E-state index in [1.807, 2.05) is 42.5 Å². The normalized spacial score (nSPS) is 8.72. The van der Waals surface area contributed by atoms with Gasteiger partial charge in [-0.25, -0.2) is 4.79 Å². The molecular weight excluding hydrogens is 229 g/mol. The predicted octanol–water partition coefficient (Wildman–Crippen LogP) is 0.345. The molecule has 0 aliphatic rings. The first kappa shape index (κ1) is 13.8. The van der Waals surface area contributed by atoms with Crippen molar-refractivity contribution in [3.05, 3.63) is 54.6 Å². The van der Waals surface area contributed by atoms with Crippen LogP contribution in [0.25, 0.3) is 0 Å². The lowest BCUT2D eigenvalue weighted by Crippen LogP contribution is -2.39. The van der Waals surface area contributed by atoms with Crippen molar-refractivity contribution in [1.29, 1.82) is 0 Å². The third-order valence-electron chi connectivity index (χ3n) is 1.98. The monoisotopic (exact) mass is 242 g/mol. The van der Waals surface area contributed by atoms with Gasteiger partial charge in [0, 0.05) is 0 Å². The van der Waals surface area contributed by atoms with Crippen molar-refractivity contribution < 1.29 is 14.3 Å². The number of rotatable bonds is 2. The number of amides is 1. The lowest BCUT2D eigenvalue weighted by molar-refractivity contribution is -0.151. The van der Waals surface area contributed by atoms with Crippen LogP contribution in [0, 0.1) is 0 Å². The third-order valence-corrected chi connectivity index (χ3v) is 1.98. The summed E-state index contributed by atoms with van der Waals surface area (Å²) in [6, 6.07) is 16.7. The van der Waals surface area contributed by atoms with Crippen molar-refractivity contribution in [2.75, 3.05) is 7.11 Å². The fraction of sp³-hybridized carbons (Fsp3) is 0.0769. The molecule has 1 aromatic carbocycles. The Hall–Kier alpha value is -2.30. The molecule has 0 spiro atoms. The highest BCUT2D eigenvalue weighted by Crippen LogP contribution is 1.80. The van der Waals surface area contributed by atoms with Gasteiger partial charge in [0.05, 0.1) is 7.11 Å². The fourth-order valence-electron chi connectivity index (χ4n) is 1.11. The van der Waals surface area contributed by atoms with Crippen molar-refractivity contribution in [2.24, 2.45) is 0 Å². The molecule has 1 radical (unpaired) electrons. The molecule has 18 heavy (non-hydrogen) atoms. The number of methoxy groups -OCH3 is 1. The largest absolute Gasteiger partial charge is 0.462 e. The van der Waals surface area contributed by atoms with Crippen LogP contribution in [0.3, 0.4) is 0 Å². The lowest BCUT2D eigenvalue weighted by Gasteiger charge is -2.00. The minimum absolute atomic E-state index is 0.753. The average molecular weight is 242 g/mol. The van der Waals surface area contributed by atoms with Gasteiger partial charge in [-0.1, -0.05) is 60.1 Å². The molecule has 0 saturated heterocycles. The van der Waals surface area contributed by atoms with E-state index in [9.17, 15) is 9.59 Å². The van der Waals surface area contributed by atoms with Gasteiger partial charge in [-0.05, 0) is 0 Å². The van der Waals surface area contributed by atoms with E-state index in [1.165, 1.54) is 7.41 Å². The molecule has 0 aliphatic heterocycles. The van der Waals surface area contributed by atoms with Gasteiger partial charge in [-0.15, -0.1) is 0 Å². The highest BCUT2D eigenvalue weighted by atomic mass is 16.5. The van der Waals surface area contributed by atoms with E-state index < -0.39 is 11.9 Å². The standard InChI is InChI=1S/C13H13BNO3/c1-18-13(17)12(16)15-14-11-9-7-5-3-2-4-6-8-10-11/h2-10H,1H3,(H,15,16). The zero-order valence-electron chi connectivity index (χ0n) is 10.00. The Morgan fingerprint density at radius 2 is 1.50 bits per heavy atom. The average Bonchev–Trinajstić information content (AvgIpc) is 2.41. The zero-order chi connectivity index (χ0) is 13.2. The van der Waals surface area contributed by atoms with E-state index in [-0.39, 0.29) is 0 Å². The number of hydrogen-bond acceptors (Lipinski definition) is 3. The summed E-state index contributed by atoms with van der Waals surface area (Å²) in [6.07, 6.45) is 0. The Kier molecular flexibility index (Phi) is 6.04. The Morgan fingerprint density at radius 3 is 2.00 bits per heavy atom. The van der Waals surface area contributed by atoms with E-state index in [0.717, 1.165) is 12.6 Å². The maximum Gasteiger partial charge on any atom is 0.395 e. The Balaban J connectivity index is 2.73. The Bertz CT molecular complexity index is 451. The maximum atomic E-state index is 11.2. The van der Waals surface area contributed by atoms with Crippen molar-refractivity contribution in [3.63, 3.8) is 0 Å². The topological polar surface area (TPSA) is 55.4 Å². The molecule has 1 rings (SSSR count). The molecule has 1 N–H and O–H groups in total. The molecular formula is C13H13BNO3. The molecule has 0 aliphatic carbocycles. The molecule has 5 heteroatoms. The lowest BCUT2D eigenvalue weighted by atomic mass is 9.84. The molecule has 0 aromatic heterocycles. The van der Waals surface area contributed by atoms with Crippen LogP contribution < -0.4 is 10.7 Å². The third kappa shape index (κ3) is 5.16. The summed E-state index contributed by atoms with van der Waals surface area (Å²) in [5.74, 6) is -1.72. The van der Waals surface area contributed by atoms with Gasteiger partial charge in [0.25, 0.3) is 7.41 Å². The molecule has 0 saturated carbocycles. The van der Waals surface area contributed by atoms with Crippen LogP contribution in [0.5, 0.6) is 0 Å². The predicted molar refractivity (Wildman–Crippen MR) is 69.6 cm³/mol. The molecule has 0 heterocycles. The summed E-state index contributed by atoms with van der Waals surface area (Å²) in [4.78, 5) is 22.1. The number of carbonyl (C=O) groups excluding carboxylic acids is 2. The molecule has 91 valence electrons. The van der Waals surface area contributed by atoms with Crippen LogP contribution in [-0.2, 0) is 14.3 Å². The number of hydrogen-bond donors (Lipinski definition) is 1. The molecule has 0 bridgehead atoms. The Labute approximate surface area is 107 Å². The highest BCUT2D eigenvalue weighted by molar-refractivity contribution is 6.57.